The van der Waals surface area contributed by atoms with E-state index in [1.165, 1.54) is 0 Å². The third kappa shape index (κ3) is 7.64. The molecule has 0 fully saturated rings. The number of fused-ring (bicyclic) bond motifs is 1. The number of hydrogen-bond acceptors (Lipinski definition) is 6. The van der Waals surface area contributed by atoms with Crippen molar-refractivity contribution in [2.75, 3.05) is 6.54 Å². The van der Waals surface area contributed by atoms with Gasteiger partial charge in [0.1, 0.15) is 0 Å². The van der Waals surface area contributed by atoms with Crippen LogP contribution >= 0.6 is 12.4 Å². The van der Waals surface area contributed by atoms with Gasteiger partial charge in [-0.3, -0.25) is 14.4 Å². The van der Waals surface area contributed by atoms with E-state index in [1.807, 2.05) is 20.8 Å². The molecule has 7 heteroatoms. The third-order valence-corrected chi connectivity index (χ3v) is 4.37. The summed E-state index contributed by atoms with van der Waals surface area (Å²) in [6, 6.07) is 8.57. The van der Waals surface area contributed by atoms with Gasteiger partial charge in [0.25, 0.3) is 0 Å². The van der Waals surface area contributed by atoms with Gasteiger partial charge in [0, 0.05) is 11.1 Å². The van der Waals surface area contributed by atoms with E-state index in [1.54, 1.807) is 58.0 Å². The van der Waals surface area contributed by atoms with Gasteiger partial charge in [0.05, 0.1) is 18.4 Å². The first kappa shape index (κ1) is 26.6. The number of ketones is 1. The quantitative estimate of drug-likeness (QED) is 0.365. The van der Waals surface area contributed by atoms with Crippen molar-refractivity contribution >= 4 is 40.9 Å². The summed E-state index contributed by atoms with van der Waals surface area (Å²) in [5, 5.41) is 4.67. The van der Waals surface area contributed by atoms with Gasteiger partial charge < -0.3 is 14.8 Å². The van der Waals surface area contributed by atoms with Gasteiger partial charge in [-0.15, -0.1) is 12.4 Å². The molecule has 0 aliphatic rings. The number of halogens is 1. The van der Waals surface area contributed by atoms with Crippen LogP contribution in [0.2, 0.25) is 0 Å². The number of esters is 2. The molecule has 0 spiro atoms. The van der Waals surface area contributed by atoms with Crippen LogP contribution in [0.1, 0.15) is 58.8 Å². The Morgan fingerprint density at radius 2 is 1.32 bits per heavy atom. The van der Waals surface area contributed by atoms with Gasteiger partial charge in [-0.1, -0.05) is 39.8 Å². The van der Waals surface area contributed by atoms with Crippen LogP contribution in [-0.2, 0) is 9.59 Å². The third-order valence-electron chi connectivity index (χ3n) is 4.37. The van der Waals surface area contributed by atoms with E-state index in [0.717, 1.165) is 5.39 Å². The molecule has 6 nitrogen and oxygen atoms in total. The van der Waals surface area contributed by atoms with Crippen molar-refractivity contribution in [1.82, 2.24) is 5.32 Å². The second-order valence-electron chi connectivity index (χ2n) is 9.04. The average Bonchev–Trinajstić information content (AvgIpc) is 2.65. The number of rotatable bonds is 7. The van der Waals surface area contributed by atoms with Crippen LogP contribution in [-0.4, -0.2) is 29.8 Å². The van der Waals surface area contributed by atoms with Gasteiger partial charge in [-0.05, 0) is 49.7 Å². The maximum Gasteiger partial charge on any atom is 0.313 e. The minimum Gasteiger partial charge on any atom is -0.422 e. The van der Waals surface area contributed by atoms with Crippen molar-refractivity contribution in [3.63, 3.8) is 0 Å². The molecule has 0 atom stereocenters. The van der Waals surface area contributed by atoms with E-state index in [-0.39, 0.29) is 53.6 Å². The molecule has 0 bridgehead atoms. The standard InChI is InChI=1S/C24H31NO5.ClH/c1-14(2)22(27)29-20-11-16-8-9-17(19(26)13-25-24(5,6)7)10-18(16)12-21(20)30-23(28)15(3)4;/h8-12,14-15,25H,13H2,1-7H3;1H. The average molecular weight is 450 g/mol. The van der Waals surface area contributed by atoms with E-state index >= 15 is 0 Å². The molecule has 0 aromatic heterocycles. The molecule has 0 radical (unpaired) electrons. The van der Waals surface area contributed by atoms with Gasteiger partial charge in [0.2, 0.25) is 0 Å². The SMILES string of the molecule is CC(C)C(=O)Oc1cc2ccc(C(=O)CNC(C)(C)C)cc2cc1OC(=O)C(C)C.Cl. The number of ether oxygens (including phenoxy) is 2. The lowest BCUT2D eigenvalue weighted by Crippen LogP contribution is -2.39. The van der Waals surface area contributed by atoms with Crippen LogP contribution in [0.3, 0.4) is 0 Å². The van der Waals surface area contributed by atoms with E-state index in [0.29, 0.717) is 10.9 Å². The van der Waals surface area contributed by atoms with Crippen molar-refractivity contribution in [3.05, 3.63) is 35.9 Å². The molecule has 2 aromatic carbocycles. The maximum absolute atomic E-state index is 12.6. The van der Waals surface area contributed by atoms with Crippen LogP contribution in [0.15, 0.2) is 30.3 Å². The second-order valence-corrected chi connectivity index (χ2v) is 9.04. The lowest BCUT2D eigenvalue weighted by molar-refractivity contribution is -0.140. The summed E-state index contributed by atoms with van der Waals surface area (Å²) in [6.07, 6.45) is 0. The Hall–Kier alpha value is -2.44. The fourth-order valence-corrected chi connectivity index (χ4v) is 2.49. The Morgan fingerprint density at radius 1 is 0.839 bits per heavy atom. The molecule has 0 unspecified atom stereocenters. The molecule has 1 N–H and O–H groups in total. The van der Waals surface area contributed by atoms with Crippen molar-refractivity contribution in [2.24, 2.45) is 11.8 Å². The van der Waals surface area contributed by atoms with E-state index in [9.17, 15) is 14.4 Å². The normalized spacial score (nSPS) is 11.4. The molecular formula is C24H32ClNO5. The van der Waals surface area contributed by atoms with Crippen molar-refractivity contribution in [1.29, 1.82) is 0 Å². The first-order chi connectivity index (χ1) is 13.9. The van der Waals surface area contributed by atoms with Gasteiger partial charge in [-0.25, -0.2) is 0 Å². The zero-order valence-corrected chi connectivity index (χ0v) is 20.0. The Bertz CT molecular complexity index is 960. The van der Waals surface area contributed by atoms with Gasteiger partial charge in [0.15, 0.2) is 17.3 Å². The van der Waals surface area contributed by atoms with Crippen LogP contribution in [0.25, 0.3) is 10.8 Å². The van der Waals surface area contributed by atoms with Crippen molar-refractivity contribution < 1.29 is 23.9 Å². The monoisotopic (exact) mass is 449 g/mol. The number of nitrogens with one attached hydrogen (secondary N) is 1. The Kier molecular flexibility index (Phi) is 9.21. The lowest BCUT2D eigenvalue weighted by Gasteiger charge is -2.20. The fraction of sp³-hybridized carbons (Fsp3) is 0.458. The molecule has 0 amide bonds. The molecule has 0 saturated carbocycles. The van der Waals surface area contributed by atoms with Crippen LogP contribution in [0.5, 0.6) is 11.5 Å². The Balaban J connectivity index is 0.00000480. The van der Waals surface area contributed by atoms with Crippen LogP contribution in [0.4, 0.5) is 0 Å². The molecule has 31 heavy (non-hydrogen) atoms. The molecule has 2 rings (SSSR count). The van der Waals surface area contributed by atoms with Gasteiger partial charge >= 0.3 is 11.9 Å². The first-order valence-corrected chi connectivity index (χ1v) is 10.2. The predicted molar refractivity (Wildman–Crippen MR) is 124 cm³/mol. The topological polar surface area (TPSA) is 81.7 Å². The number of benzene rings is 2. The Morgan fingerprint density at radius 3 is 1.77 bits per heavy atom. The zero-order chi connectivity index (χ0) is 22.6. The van der Waals surface area contributed by atoms with Crippen molar-refractivity contribution in [2.45, 2.75) is 54.0 Å². The highest BCUT2D eigenvalue weighted by atomic mass is 35.5. The van der Waals surface area contributed by atoms with Gasteiger partial charge in [-0.2, -0.15) is 0 Å². The summed E-state index contributed by atoms with van der Waals surface area (Å²) >= 11 is 0. The summed E-state index contributed by atoms with van der Waals surface area (Å²) in [5.74, 6) is -1.22. The number of Topliss-reactive ketones (excluding diaryl/α,β-unsaturated/α-hetero) is 1. The minimum atomic E-state index is -0.433. The minimum absolute atomic E-state index is 0. The summed E-state index contributed by atoms with van der Waals surface area (Å²) in [7, 11) is 0. The fourth-order valence-electron chi connectivity index (χ4n) is 2.49. The first-order valence-electron chi connectivity index (χ1n) is 10.2. The Labute approximate surface area is 190 Å². The molecular weight excluding hydrogens is 418 g/mol. The molecule has 0 aliphatic heterocycles. The maximum atomic E-state index is 12.6. The molecule has 0 aliphatic carbocycles. The smallest absolute Gasteiger partial charge is 0.313 e. The highest BCUT2D eigenvalue weighted by Gasteiger charge is 2.19. The summed E-state index contributed by atoms with van der Waals surface area (Å²) < 4.78 is 10.9. The predicted octanol–water partition coefficient (Wildman–Crippen LogP) is 4.96. The van der Waals surface area contributed by atoms with E-state index < -0.39 is 11.9 Å². The highest BCUT2D eigenvalue weighted by molar-refractivity contribution is 6.01. The van der Waals surface area contributed by atoms with Crippen molar-refractivity contribution in [3.8, 4) is 11.5 Å². The van der Waals surface area contributed by atoms with Crippen LogP contribution in [0, 0.1) is 11.8 Å². The van der Waals surface area contributed by atoms with Crippen LogP contribution < -0.4 is 14.8 Å². The van der Waals surface area contributed by atoms with E-state index in [4.69, 9.17) is 9.47 Å². The summed E-state index contributed by atoms with van der Waals surface area (Å²) in [6.45, 7) is 13.1. The number of carbonyl (C=O) groups excluding carboxylic acids is 3. The number of carbonyl (C=O) groups is 3. The molecule has 0 heterocycles. The largest absolute Gasteiger partial charge is 0.422 e. The summed E-state index contributed by atoms with van der Waals surface area (Å²) in [5.41, 5.74) is 0.382. The van der Waals surface area contributed by atoms with E-state index in [2.05, 4.69) is 5.32 Å². The lowest BCUT2D eigenvalue weighted by atomic mass is 10.0. The zero-order valence-electron chi connectivity index (χ0n) is 19.2. The molecule has 170 valence electrons. The highest BCUT2D eigenvalue weighted by Crippen LogP contribution is 2.34. The number of hydrogen-bond donors (Lipinski definition) is 1. The summed E-state index contributed by atoms with van der Waals surface area (Å²) in [4.78, 5) is 36.8. The molecule has 0 saturated heterocycles. The second kappa shape index (κ2) is 10.7. The molecule has 2 aromatic rings.